The predicted octanol–water partition coefficient (Wildman–Crippen LogP) is 1.78. The lowest BCUT2D eigenvalue weighted by atomic mass is 10.2. The van der Waals surface area contributed by atoms with Crippen molar-refractivity contribution in [2.75, 3.05) is 68.1 Å². The van der Waals surface area contributed by atoms with Gasteiger partial charge >= 0.3 is 6.18 Å². The van der Waals surface area contributed by atoms with Crippen molar-refractivity contribution in [1.82, 2.24) is 34.4 Å². The molecule has 0 unspecified atom stereocenters. The monoisotopic (exact) mass is 534 g/mol. The third-order valence-electron chi connectivity index (χ3n) is 6.65. The fraction of sp³-hybridized carbons (Fsp3) is 0.565. The number of aromatic nitrogens is 6. The second-order valence-corrected chi connectivity index (χ2v) is 9.31. The van der Waals surface area contributed by atoms with Crippen LogP contribution in [0.2, 0.25) is 0 Å². The van der Waals surface area contributed by atoms with Gasteiger partial charge in [0.25, 0.3) is 0 Å². The lowest BCUT2D eigenvalue weighted by Gasteiger charge is -2.40. The number of nitrogens with zero attached hydrogens (tertiary/aromatic N) is 9. The van der Waals surface area contributed by atoms with Crippen LogP contribution >= 0.6 is 0 Å². The van der Waals surface area contributed by atoms with E-state index in [0.29, 0.717) is 63.3 Å². The Kier molecular flexibility index (Phi) is 6.94. The van der Waals surface area contributed by atoms with Crippen molar-refractivity contribution in [1.29, 1.82) is 0 Å². The zero-order chi connectivity index (χ0) is 27.0. The lowest BCUT2D eigenvalue weighted by Crippen LogP contribution is -2.54. The lowest BCUT2D eigenvalue weighted by molar-refractivity contribution is -0.139. The van der Waals surface area contributed by atoms with E-state index in [1.165, 1.54) is 19.3 Å². The zero-order valence-electron chi connectivity index (χ0n) is 21.4. The summed E-state index contributed by atoms with van der Waals surface area (Å²) in [4.78, 5) is 39.8. The molecule has 1 amide bonds. The SMILES string of the molecule is CNc1ncc(-c2nc(N3CCOCC3)c3nc(N4CCN(C(C)=O)[C@H](C)C4)n(CC(F)(F)F)c3n2)cn1. The van der Waals surface area contributed by atoms with Gasteiger partial charge in [0.15, 0.2) is 22.8 Å². The fourth-order valence-corrected chi connectivity index (χ4v) is 4.85. The van der Waals surface area contributed by atoms with Crippen molar-refractivity contribution in [2.45, 2.75) is 32.6 Å². The van der Waals surface area contributed by atoms with Crippen LogP contribution in [0.5, 0.6) is 0 Å². The first-order valence-electron chi connectivity index (χ1n) is 12.3. The number of hydrogen-bond donors (Lipinski definition) is 1. The summed E-state index contributed by atoms with van der Waals surface area (Å²) in [5, 5.41) is 2.83. The molecule has 3 aromatic heterocycles. The molecule has 1 atom stereocenters. The van der Waals surface area contributed by atoms with E-state index < -0.39 is 12.7 Å². The van der Waals surface area contributed by atoms with E-state index in [1.54, 1.807) is 16.8 Å². The van der Waals surface area contributed by atoms with Crippen LogP contribution in [0.4, 0.5) is 30.9 Å². The Morgan fingerprint density at radius 2 is 1.79 bits per heavy atom. The summed E-state index contributed by atoms with van der Waals surface area (Å²) in [5.41, 5.74) is 0.817. The molecule has 2 aliphatic heterocycles. The smallest absolute Gasteiger partial charge is 0.378 e. The summed E-state index contributed by atoms with van der Waals surface area (Å²) < 4.78 is 48.2. The number of halogens is 3. The Labute approximate surface area is 216 Å². The third kappa shape index (κ3) is 5.14. The van der Waals surface area contributed by atoms with Gasteiger partial charge in [-0.2, -0.15) is 13.2 Å². The zero-order valence-corrected chi connectivity index (χ0v) is 21.4. The van der Waals surface area contributed by atoms with Gasteiger partial charge in [-0.25, -0.2) is 24.9 Å². The van der Waals surface area contributed by atoms with Crippen molar-refractivity contribution < 1.29 is 22.7 Å². The molecule has 12 nitrogen and oxygen atoms in total. The average Bonchev–Trinajstić information content (AvgIpc) is 3.25. The normalized spacial score (nSPS) is 18.8. The van der Waals surface area contributed by atoms with Crippen molar-refractivity contribution in [3.8, 4) is 11.4 Å². The highest BCUT2D eigenvalue weighted by atomic mass is 19.4. The van der Waals surface area contributed by atoms with E-state index in [-0.39, 0.29) is 34.9 Å². The Hall–Kier alpha value is -3.75. The molecule has 0 radical (unpaired) electrons. The maximum atomic E-state index is 13.9. The molecule has 2 fully saturated rings. The van der Waals surface area contributed by atoms with Crippen LogP contribution in [0.3, 0.4) is 0 Å². The third-order valence-corrected chi connectivity index (χ3v) is 6.65. The first-order chi connectivity index (χ1) is 18.1. The minimum absolute atomic E-state index is 0.0717. The molecular formula is C23H29F3N10O2. The second kappa shape index (κ2) is 10.2. The summed E-state index contributed by atoms with van der Waals surface area (Å²) in [6, 6.07) is -0.191. The summed E-state index contributed by atoms with van der Waals surface area (Å²) in [6.45, 7) is 5.10. The van der Waals surface area contributed by atoms with Gasteiger partial charge in [-0.15, -0.1) is 0 Å². The highest BCUT2D eigenvalue weighted by molar-refractivity contribution is 5.88. The molecule has 1 N–H and O–H groups in total. The number of ether oxygens (including phenoxy) is 1. The van der Waals surface area contributed by atoms with Crippen molar-refractivity contribution >= 4 is 34.8 Å². The molecule has 2 aliphatic rings. The van der Waals surface area contributed by atoms with Crippen LogP contribution in [-0.2, 0) is 16.1 Å². The van der Waals surface area contributed by atoms with Crippen LogP contribution in [0.25, 0.3) is 22.6 Å². The predicted molar refractivity (Wildman–Crippen MR) is 134 cm³/mol. The number of rotatable bonds is 5. The molecule has 5 rings (SSSR count). The number of morpholine rings is 1. The van der Waals surface area contributed by atoms with Crippen LogP contribution in [-0.4, -0.2) is 105 Å². The summed E-state index contributed by atoms with van der Waals surface area (Å²) in [5.74, 6) is 1.11. The van der Waals surface area contributed by atoms with Gasteiger partial charge in [0.1, 0.15) is 6.54 Å². The molecule has 0 bridgehead atoms. The molecular weight excluding hydrogens is 505 g/mol. The Morgan fingerprint density at radius 1 is 1.08 bits per heavy atom. The first-order valence-corrected chi connectivity index (χ1v) is 12.3. The molecule has 0 spiro atoms. The largest absolute Gasteiger partial charge is 0.406 e. The fourth-order valence-electron chi connectivity index (χ4n) is 4.85. The molecule has 0 aromatic carbocycles. The number of anilines is 3. The molecule has 204 valence electrons. The standard InChI is InChI=1S/C23H29F3N10O2/c1-14-12-34(4-5-35(14)15(2)37)22-30-17-19(33-6-8-38-9-7-33)31-18(16-10-28-21(27-3)29-11-16)32-20(17)36(22)13-23(24,25)26/h10-11,14H,4-9,12-13H2,1-3H3,(H,27,28,29)/t14-/m1/s1. The van der Waals surface area contributed by atoms with E-state index in [9.17, 15) is 18.0 Å². The number of nitrogens with one attached hydrogen (secondary N) is 1. The van der Waals surface area contributed by atoms with Crippen LogP contribution in [0.1, 0.15) is 13.8 Å². The number of fused-ring (bicyclic) bond motifs is 1. The second-order valence-electron chi connectivity index (χ2n) is 9.31. The van der Waals surface area contributed by atoms with E-state index in [0.717, 1.165) is 4.57 Å². The van der Waals surface area contributed by atoms with Crippen LogP contribution in [0, 0.1) is 0 Å². The van der Waals surface area contributed by atoms with Gasteiger partial charge in [0, 0.05) is 65.1 Å². The van der Waals surface area contributed by atoms with Crippen molar-refractivity contribution in [3.05, 3.63) is 12.4 Å². The van der Waals surface area contributed by atoms with E-state index >= 15 is 0 Å². The minimum Gasteiger partial charge on any atom is -0.378 e. The highest BCUT2D eigenvalue weighted by Gasteiger charge is 2.35. The summed E-state index contributed by atoms with van der Waals surface area (Å²) in [6.07, 6.45) is -1.47. The van der Waals surface area contributed by atoms with E-state index in [4.69, 9.17) is 14.7 Å². The van der Waals surface area contributed by atoms with Gasteiger partial charge in [0.2, 0.25) is 17.8 Å². The van der Waals surface area contributed by atoms with Gasteiger partial charge in [-0.1, -0.05) is 0 Å². The first kappa shape index (κ1) is 25.9. The molecule has 0 saturated carbocycles. The number of carbonyl (C=O) groups is 1. The van der Waals surface area contributed by atoms with Gasteiger partial charge in [-0.05, 0) is 6.92 Å². The van der Waals surface area contributed by atoms with Gasteiger partial charge in [-0.3, -0.25) is 9.36 Å². The van der Waals surface area contributed by atoms with Crippen molar-refractivity contribution in [2.24, 2.45) is 0 Å². The van der Waals surface area contributed by atoms with Gasteiger partial charge in [0.05, 0.1) is 18.8 Å². The minimum atomic E-state index is -4.52. The average molecular weight is 535 g/mol. The quantitative estimate of drug-likeness (QED) is 0.519. The molecule has 15 heteroatoms. The maximum absolute atomic E-state index is 13.9. The molecule has 38 heavy (non-hydrogen) atoms. The molecule has 2 saturated heterocycles. The van der Waals surface area contributed by atoms with Crippen LogP contribution < -0.4 is 15.1 Å². The summed E-state index contributed by atoms with van der Waals surface area (Å²) >= 11 is 0. The Bertz CT molecular complexity index is 1310. The Balaban J connectivity index is 1.67. The highest BCUT2D eigenvalue weighted by Crippen LogP contribution is 2.34. The van der Waals surface area contributed by atoms with Crippen molar-refractivity contribution in [3.63, 3.8) is 0 Å². The number of alkyl halides is 3. The summed E-state index contributed by atoms with van der Waals surface area (Å²) in [7, 11) is 1.68. The number of piperazine rings is 1. The maximum Gasteiger partial charge on any atom is 0.406 e. The number of amides is 1. The van der Waals surface area contributed by atoms with E-state index in [2.05, 4.69) is 20.3 Å². The Morgan fingerprint density at radius 3 is 2.39 bits per heavy atom. The molecule has 0 aliphatic carbocycles. The topological polar surface area (TPSA) is 117 Å². The van der Waals surface area contributed by atoms with E-state index in [1.807, 2.05) is 11.8 Å². The molecule has 5 heterocycles. The number of imidazole rings is 1. The van der Waals surface area contributed by atoms with Crippen LogP contribution in [0.15, 0.2) is 12.4 Å². The molecule has 3 aromatic rings. The number of hydrogen-bond acceptors (Lipinski definition) is 10. The number of carbonyl (C=O) groups excluding carboxylic acids is 1. The van der Waals surface area contributed by atoms with Gasteiger partial charge < -0.3 is 24.8 Å².